The lowest BCUT2D eigenvalue weighted by Crippen LogP contribution is -2.18. The van der Waals surface area contributed by atoms with Gasteiger partial charge in [-0.05, 0) is 131 Å². The van der Waals surface area contributed by atoms with Crippen LogP contribution in [0.5, 0.6) is 0 Å². The van der Waals surface area contributed by atoms with Crippen LogP contribution < -0.4 is 9.80 Å². The molecule has 0 saturated carbocycles. The van der Waals surface area contributed by atoms with Gasteiger partial charge in [-0.1, -0.05) is 159 Å². The average Bonchev–Trinajstić information content (AvgIpc) is 4.04. The zero-order chi connectivity index (χ0) is 46.4. The van der Waals surface area contributed by atoms with Crippen molar-refractivity contribution in [2.45, 2.75) is 33.1 Å². The predicted molar refractivity (Wildman–Crippen MR) is 288 cm³/mol. The van der Waals surface area contributed by atoms with Crippen LogP contribution in [0.25, 0.3) is 77.3 Å². The summed E-state index contributed by atoms with van der Waals surface area (Å²) in [6.45, 7) is 9.07. The molecule has 0 saturated heterocycles. The third kappa shape index (κ3) is 6.51. The molecule has 0 bridgehead atoms. The van der Waals surface area contributed by atoms with Gasteiger partial charge < -0.3 is 18.6 Å². The largest absolute Gasteiger partial charge is 0.455 e. The fraction of sp³-hybridized carbons (Fsp3) is 0.0769. The summed E-state index contributed by atoms with van der Waals surface area (Å²) in [5, 5.41) is 4.26. The van der Waals surface area contributed by atoms with E-state index >= 15 is 0 Å². The maximum atomic E-state index is 7.23. The molecule has 0 amide bonds. The van der Waals surface area contributed by atoms with Crippen LogP contribution in [0.4, 0.5) is 34.1 Å². The number of rotatable bonds is 8. The van der Waals surface area contributed by atoms with Crippen molar-refractivity contribution >= 4 is 78.0 Å². The Morgan fingerprint density at radius 3 is 1.13 bits per heavy atom. The monoisotopic (exact) mass is 888 g/mol. The molecule has 2 heterocycles. The van der Waals surface area contributed by atoms with Gasteiger partial charge in [0, 0.05) is 50.1 Å². The molecule has 1 aliphatic rings. The second kappa shape index (κ2) is 15.8. The lowest BCUT2D eigenvalue weighted by Gasteiger charge is -2.30. The Balaban J connectivity index is 1.09. The van der Waals surface area contributed by atoms with E-state index in [1.807, 2.05) is 0 Å². The molecule has 1 aliphatic carbocycles. The first-order valence-electron chi connectivity index (χ1n) is 23.8. The van der Waals surface area contributed by atoms with Crippen molar-refractivity contribution in [1.29, 1.82) is 0 Å². The molecule has 69 heavy (non-hydrogen) atoms. The minimum Gasteiger partial charge on any atom is -0.455 e. The summed E-state index contributed by atoms with van der Waals surface area (Å²) in [5.41, 5.74) is 21.0. The van der Waals surface area contributed by atoms with Crippen molar-refractivity contribution in [1.82, 2.24) is 0 Å². The van der Waals surface area contributed by atoms with Crippen LogP contribution in [0.1, 0.15) is 36.1 Å². The van der Waals surface area contributed by atoms with E-state index in [-0.39, 0.29) is 0 Å². The quantitative estimate of drug-likeness (QED) is 0.152. The number of para-hydroxylation sites is 2. The minimum atomic E-state index is -0.487. The number of nitrogens with zero attached hydrogens (tertiary/aromatic N) is 2. The molecule has 0 spiro atoms. The van der Waals surface area contributed by atoms with Gasteiger partial charge in [0.05, 0.1) is 22.1 Å². The van der Waals surface area contributed by atoms with Crippen LogP contribution in [-0.4, -0.2) is 0 Å². The summed E-state index contributed by atoms with van der Waals surface area (Å²) < 4.78 is 14.5. The Labute approximate surface area is 401 Å². The first-order valence-corrected chi connectivity index (χ1v) is 23.8. The third-order valence-electron chi connectivity index (χ3n) is 14.3. The van der Waals surface area contributed by atoms with E-state index in [1.165, 1.54) is 44.5 Å². The second-order valence-electron chi connectivity index (χ2n) is 19.0. The molecule has 10 aromatic carbocycles. The summed E-state index contributed by atoms with van der Waals surface area (Å²) in [5.74, 6) is 0. The summed E-state index contributed by atoms with van der Waals surface area (Å²) in [4.78, 5) is 4.85. The van der Waals surface area contributed by atoms with Crippen molar-refractivity contribution in [2.24, 2.45) is 0 Å². The Kier molecular flexibility index (Phi) is 9.28. The standard InChI is InChI=1S/C65H48N2O2/c1-41-17-15-23-49(37-41)66(47-33-29-45(30-34-47)43-19-7-5-8-20-43)55-39-53-61(63-59(55)51-25-11-13-27-57(51)68-63)62-54(65(53,3)4)40-56(60-52-26-12-14-28-58(52)69-64(60)62)67(50-24-16-18-42(2)38-50)48-35-31-46(32-36-48)44-21-9-6-10-22-44/h5-40H,1-4H3. The van der Waals surface area contributed by atoms with Crippen molar-refractivity contribution in [3.63, 3.8) is 0 Å². The molecule has 2 aromatic heterocycles. The first kappa shape index (κ1) is 40.7. The minimum absolute atomic E-state index is 0.487. The van der Waals surface area contributed by atoms with E-state index in [1.54, 1.807) is 0 Å². The topological polar surface area (TPSA) is 32.8 Å². The second-order valence-corrected chi connectivity index (χ2v) is 19.0. The van der Waals surface area contributed by atoms with E-state index in [0.29, 0.717) is 0 Å². The molecule has 12 aromatic rings. The Morgan fingerprint density at radius 1 is 0.348 bits per heavy atom. The predicted octanol–water partition coefficient (Wildman–Crippen LogP) is 18.7. The number of hydrogen-bond donors (Lipinski definition) is 0. The third-order valence-corrected chi connectivity index (χ3v) is 14.3. The van der Waals surface area contributed by atoms with Crippen LogP contribution in [0, 0.1) is 13.8 Å². The molecule has 0 atom stereocenters. The van der Waals surface area contributed by atoms with Crippen molar-refractivity contribution in [3.05, 3.63) is 241 Å². The molecule has 0 aliphatic heterocycles. The maximum Gasteiger partial charge on any atom is 0.145 e. The van der Waals surface area contributed by atoms with E-state index in [0.717, 1.165) is 89.1 Å². The normalized spacial score (nSPS) is 12.8. The number of aryl methyl sites for hydroxylation is 2. The lowest BCUT2D eigenvalue weighted by atomic mass is 9.81. The fourth-order valence-corrected chi connectivity index (χ4v) is 11.0. The number of furan rings is 2. The SMILES string of the molecule is Cc1cccc(N(c2ccc(-c3ccccc3)cc2)c2cc3c(c4oc5ccccc5c24)-c2c(cc(N(c4ccc(-c5ccccc5)cc4)c4cccc(C)c4)c4c2oc2ccccc24)C3(C)C)c1. The van der Waals surface area contributed by atoms with Crippen LogP contribution >= 0.6 is 0 Å². The number of hydrogen-bond acceptors (Lipinski definition) is 4. The van der Waals surface area contributed by atoms with Crippen molar-refractivity contribution < 1.29 is 8.83 Å². The molecule has 4 heteroatoms. The van der Waals surface area contributed by atoms with Crippen LogP contribution in [0.3, 0.4) is 0 Å². The van der Waals surface area contributed by atoms with Gasteiger partial charge in [-0.15, -0.1) is 0 Å². The lowest BCUT2D eigenvalue weighted by molar-refractivity contribution is 0.650. The van der Waals surface area contributed by atoms with Crippen molar-refractivity contribution in [2.75, 3.05) is 9.80 Å². The van der Waals surface area contributed by atoms with Gasteiger partial charge in [0.2, 0.25) is 0 Å². The van der Waals surface area contributed by atoms with Gasteiger partial charge in [0.1, 0.15) is 22.3 Å². The highest BCUT2D eigenvalue weighted by atomic mass is 16.3. The highest BCUT2D eigenvalue weighted by Gasteiger charge is 2.43. The summed E-state index contributed by atoms with van der Waals surface area (Å²) in [6.07, 6.45) is 0. The average molecular weight is 889 g/mol. The molecule has 13 rings (SSSR count). The van der Waals surface area contributed by atoms with Gasteiger partial charge >= 0.3 is 0 Å². The van der Waals surface area contributed by atoms with E-state index in [4.69, 9.17) is 8.83 Å². The molecule has 0 N–H and O–H groups in total. The fourth-order valence-electron chi connectivity index (χ4n) is 11.0. The van der Waals surface area contributed by atoms with Gasteiger partial charge in [-0.3, -0.25) is 0 Å². The zero-order valence-corrected chi connectivity index (χ0v) is 39.0. The number of fused-ring (bicyclic) bond motifs is 11. The highest BCUT2D eigenvalue weighted by molar-refractivity contribution is 6.24. The Hall–Kier alpha value is -8.60. The van der Waals surface area contributed by atoms with Gasteiger partial charge in [0.25, 0.3) is 0 Å². The molecular weight excluding hydrogens is 841 g/mol. The Bertz CT molecular complexity index is 3680. The summed E-state index contributed by atoms with van der Waals surface area (Å²) in [7, 11) is 0. The molecule has 0 radical (unpaired) electrons. The summed E-state index contributed by atoms with van der Waals surface area (Å²) >= 11 is 0. The van der Waals surface area contributed by atoms with Crippen molar-refractivity contribution in [3.8, 4) is 33.4 Å². The van der Waals surface area contributed by atoms with E-state index < -0.39 is 5.41 Å². The summed E-state index contributed by atoms with van der Waals surface area (Å²) in [6, 6.07) is 78.6. The molecular formula is C65H48N2O2. The number of benzene rings is 10. The smallest absolute Gasteiger partial charge is 0.145 e. The highest BCUT2D eigenvalue weighted by Crippen LogP contribution is 2.60. The van der Waals surface area contributed by atoms with Crippen LogP contribution in [0.2, 0.25) is 0 Å². The number of anilines is 6. The van der Waals surface area contributed by atoms with Crippen LogP contribution in [-0.2, 0) is 5.41 Å². The molecule has 330 valence electrons. The zero-order valence-electron chi connectivity index (χ0n) is 39.0. The van der Waals surface area contributed by atoms with E-state index in [2.05, 4.69) is 256 Å². The Morgan fingerprint density at radius 2 is 0.725 bits per heavy atom. The molecule has 0 unspecified atom stereocenters. The molecule has 0 fully saturated rings. The maximum absolute atomic E-state index is 7.23. The van der Waals surface area contributed by atoms with Gasteiger partial charge in [0.15, 0.2) is 0 Å². The molecule has 4 nitrogen and oxygen atoms in total. The van der Waals surface area contributed by atoms with E-state index in [9.17, 15) is 0 Å². The first-order chi connectivity index (χ1) is 33.8. The van der Waals surface area contributed by atoms with Gasteiger partial charge in [-0.25, -0.2) is 0 Å². The van der Waals surface area contributed by atoms with Crippen LogP contribution in [0.15, 0.2) is 227 Å². The van der Waals surface area contributed by atoms with Gasteiger partial charge in [-0.2, -0.15) is 0 Å².